The number of anilines is 1. The first kappa shape index (κ1) is 16.4. The lowest BCUT2D eigenvalue weighted by Gasteiger charge is -2.29. The molecule has 0 amide bonds. The zero-order valence-corrected chi connectivity index (χ0v) is 14.4. The fraction of sp³-hybridized carbons (Fsp3) is 0.684. The van der Waals surface area contributed by atoms with Crippen LogP contribution in [0, 0.1) is 5.92 Å². The van der Waals surface area contributed by atoms with Gasteiger partial charge in [0.1, 0.15) is 0 Å². The van der Waals surface area contributed by atoms with Crippen LogP contribution in [0.15, 0.2) is 24.3 Å². The van der Waals surface area contributed by atoms with E-state index in [0.29, 0.717) is 0 Å². The molecule has 0 spiro atoms. The zero-order valence-electron chi connectivity index (χ0n) is 14.4. The molecule has 1 aromatic carbocycles. The molecule has 0 unspecified atom stereocenters. The maximum Gasteiger partial charge on any atom is 0.0414 e. The van der Waals surface area contributed by atoms with Crippen LogP contribution in [0.1, 0.15) is 59.4 Å². The second-order valence-electron chi connectivity index (χ2n) is 7.84. The topological polar surface area (TPSA) is 15.3 Å². The SMILES string of the molecule is CC(C)CCN(c1ccccc1CNC(C)(C)C)C1CC1. The number of para-hydroxylation sites is 1. The van der Waals surface area contributed by atoms with Gasteiger partial charge in [-0.1, -0.05) is 32.0 Å². The van der Waals surface area contributed by atoms with E-state index in [1.54, 1.807) is 0 Å². The summed E-state index contributed by atoms with van der Waals surface area (Å²) in [5.41, 5.74) is 3.04. The number of hydrogen-bond acceptors (Lipinski definition) is 2. The highest BCUT2D eigenvalue weighted by molar-refractivity contribution is 5.55. The van der Waals surface area contributed by atoms with Crippen molar-refractivity contribution in [2.75, 3.05) is 11.4 Å². The molecule has 2 rings (SSSR count). The average molecular weight is 288 g/mol. The fourth-order valence-electron chi connectivity index (χ4n) is 2.58. The number of rotatable bonds is 7. The van der Waals surface area contributed by atoms with Crippen molar-refractivity contribution in [1.82, 2.24) is 5.32 Å². The maximum absolute atomic E-state index is 3.63. The monoisotopic (exact) mass is 288 g/mol. The third-order valence-corrected chi connectivity index (χ3v) is 4.05. The summed E-state index contributed by atoms with van der Waals surface area (Å²) in [5, 5.41) is 3.63. The number of hydrogen-bond donors (Lipinski definition) is 1. The Balaban J connectivity index is 2.12. The van der Waals surface area contributed by atoms with E-state index in [2.05, 4.69) is 69.1 Å². The summed E-state index contributed by atoms with van der Waals surface area (Å²) in [6.45, 7) is 13.5. The average Bonchev–Trinajstić information content (AvgIpc) is 3.21. The van der Waals surface area contributed by atoms with E-state index in [1.165, 1.54) is 37.1 Å². The molecule has 1 saturated carbocycles. The van der Waals surface area contributed by atoms with Crippen LogP contribution in [-0.4, -0.2) is 18.1 Å². The summed E-state index contributed by atoms with van der Waals surface area (Å²) < 4.78 is 0. The third-order valence-electron chi connectivity index (χ3n) is 4.05. The van der Waals surface area contributed by atoms with Gasteiger partial charge in [-0.3, -0.25) is 0 Å². The van der Waals surface area contributed by atoms with Crippen LogP contribution in [0.3, 0.4) is 0 Å². The summed E-state index contributed by atoms with van der Waals surface area (Å²) in [6, 6.07) is 9.70. The molecule has 2 heteroatoms. The number of benzene rings is 1. The number of nitrogens with zero attached hydrogens (tertiary/aromatic N) is 1. The minimum atomic E-state index is 0.162. The Hall–Kier alpha value is -1.02. The van der Waals surface area contributed by atoms with Crippen LogP contribution in [0.4, 0.5) is 5.69 Å². The molecule has 0 saturated heterocycles. The van der Waals surface area contributed by atoms with E-state index in [9.17, 15) is 0 Å². The Morgan fingerprint density at radius 1 is 1.19 bits per heavy atom. The molecule has 0 aliphatic heterocycles. The molecular weight excluding hydrogens is 256 g/mol. The number of nitrogens with one attached hydrogen (secondary N) is 1. The van der Waals surface area contributed by atoms with Crippen LogP contribution in [0.2, 0.25) is 0 Å². The minimum absolute atomic E-state index is 0.162. The van der Waals surface area contributed by atoms with Crippen molar-refractivity contribution in [3.8, 4) is 0 Å². The normalized spacial score (nSPS) is 15.5. The summed E-state index contributed by atoms with van der Waals surface area (Å²) >= 11 is 0. The molecule has 0 bridgehead atoms. The Labute approximate surface area is 130 Å². The summed E-state index contributed by atoms with van der Waals surface area (Å²) in [5.74, 6) is 0.770. The first-order valence-electron chi connectivity index (χ1n) is 8.46. The summed E-state index contributed by atoms with van der Waals surface area (Å²) in [4.78, 5) is 2.65. The van der Waals surface area contributed by atoms with Gasteiger partial charge in [0.25, 0.3) is 0 Å². The molecule has 0 radical (unpaired) electrons. The molecule has 0 aromatic heterocycles. The zero-order chi connectivity index (χ0) is 15.5. The van der Waals surface area contributed by atoms with Crippen LogP contribution in [-0.2, 0) is 6.54 Å². The van der Waals surface area contributed by atoms with Gasteiger partial charge in [-0.05, 0) is 57.6 Å². The lowest BCUT2D eigenvalue weighted by atomic mass is 10.1. The van der Waals surface area contributed by atoms with Gasteiger partial charge in [-0.15, -0.1) is 0 Å². The quantitative estimate of drug-likeness (QED) is 0.789. The van der Waals surface area contributed by atoms with E-state index in [1.807, 2.05) is 0 Å². The van der Waals surface area contributed by atoms with Crippen LogP contribution >= 0.6 is 0 Å². The van der Waals surface area contributed by atoms with Crippen molar-refractivity contribution in [3.63, 3.8) is 0 Å². The summed E-state index contributed by atoms with van der Waals surface area (Å²) in [6.07, 6.45) is 4.00. The molecule has 1 fully saturated rings. The maximum atomic E-state index is 3.63. The predicted octanol–water partition coefficient (Wildman–Crippen LogP) is 4.59. The highest BCUT2D eigenvalue weighted by atomic mass is 15.2. The van der Waals surface area contributed by atoms with E-state index in [-0.39, 0.29) is 5.54 Å². The van der Waals surface area contributed by atoms with Crippen molar-refractivity contribution >= 4 is 5.69 Å². The first-order chi connectivity index (χ1) is 9.87. The third kappa shape index (κ3) is 5.35. The van der Waals surface area contributed by atoms with Crippen LogP contribution in [0.5, 0.6) is 0 Å². The van der Waals surface area contributed by atoms with Gasteiger partial charge in [0.15, 0.2) is 0 Å². The molecular formula is C19H32N2. The Morgan fingerprint density at radius 3 is 2.43 bits per heavy atom. The lowest BCUT2D eigenvalue weighted by molar-refractivity contribution is 0.424. The van der Waals surface area contributed by atoms with E-state index >= 15 is 0 Å². The molecule has 118 valence electrons. The van der Waals surface area contributed by atoms with Gasteiger partial charge in [0, 0.05) is 30.4 Å². The van der Waals surface area contributed by atoms with Crippen molar-refractivity contribution in [1.29, 1.82) is 0 Å². The van der Waals surface area contributed by atoms with Gasteiger partial charge in [0.2, 0.25) is 0 Å². The van der Waals surface area contributed by atoms with E-state index in [0.717, 1.165) is 18.5 Å². The molecule has 0 atom stereocenters. The van der Waals surface area contributed by atoms with Crippen molar-refractivity contribution in [2.24, 2.45) is 5.92 Å². The van der Waals surface area contributed by atoms with Crippen molar-refractivity contribution in [3.05, 3.63) is 29.8 Å². The van der Waals surface area contributed by atoms with E-state index < -0.39 is 0 Å². The molecule has 2 nitrogen and oxygen atoms in total. The van der Waals surface area contributed by atoms with Gasteiger partial charge in [-0.25, -0.2) is 0 Å². The second-order valence-corrected chi connectivity index (χ2v) is 7.84. The van der Waals surface area contributed by atoms with Crippen LogP contribution in [0.25, 0.3) is 0 Å². The van der Waals surface area contributed by atoms with Crippen molar-refractivity contribution < 1.29 is 0 Å². The largest absolute Gasteiger partial charge is 0.368 e. The molecule has 21 heavy (non-hydrogen) atoms. The van der Waals surface area contributed by atoms with Crippen LogP contribution < -0.4 is 10.2 Å². The second kappa shape index (κ2) is 6.83. The van der Waals surface area contributed by atoms with Gasteiger partial charge in [0.05, 0.1) is 0 Å². The molecule has 1 N–H and O–H groups in total. The highest BCUT2D eigenvalue weighted by Gasteiger charge is 2.30. The Kier molecular flexibility index (Phi) is 5.32. The van der Waals surface area contributed by atoms with Gasteiger partial charge >= 0.3 is 0 Å². The molecule has 1 aromatic rings. The standard InChI is InChI=1S/C19H32N2/c1-15(2)12-13-21(17-10-11-17)18-9-7-6-8-16(18)14-20-19(3,4)5/h6-9,15,17,20H,10-14H2,1-5H3. The first-order valence-corrected chi connectivity index (χ1v) is 8.46. The Morgan fingerprint density at radius 2 is 1.86 bits per heavy atom. The lowest BCUT2D eigenvalue weighted by Crippen LogP contribution is -2.36. The smallest absolute Gasteiger partial charge is 0.0414 e. The van der Waals surface area contributed by atoms with E-state index in [4.69, 9.17) is 0 Å². The molecule has 1 aliphatic rings. The Bertz CT molecular complexity index is 441. The fourth-order valence-corrected chi connectivity index (χ4v) is 2.58. The predicted molar refractivity (Wildman–Crippen MR) is 92.9 cm³/mol. The summed E-state index contributed by atoms with van der Waals surface area (Å²) in [7, 11) is 0. The molecule has 1 aliphatic carbocycles. The van der Waals surface area contributed by atoms with Gasteiger partial charge in [-0.2, -0.15) is 0 Å². The minimum Gasteiger partial charge on any atom is -0.368 e. The van der Waals surface area contributed by atoms with Crippen molar-refractivity contribution in [2.45, 2.75) is 72.0 Å². The highest BCUT2D eigenvalue weighted by Crippen LogP contribution is 2.34. The van der Waals surface area contributed by atoms with Gasteiger partial charge < -0.3 is 10.2 Å². The molecule has 0 heterocycles.